The number of urea groups is 1. The Hall–Kier alpha value is -1.71. The van der Waals surface area contributed by atoms with Gasteiger partial charge in [0.15, 0.2) is 0 Å². The van der Waals surface area contributed by atoms with E-state index < -0.39 is 0 Å². The number of hydrogen-bond acceptors (Lipinski definition) is 2. The summed E-state index contributed by atoms with van der Waals surface area (Å²) in [6.45, 7) is 0. The van der Waals surface area contributed by atoms with Gasteiger partial charge in [-0.05, 0) is 37.1 Å². The Morgan fingerprint density at radius 2 is 1.88 bits per heavy atom. The fourth-order valence-corrected chi connectivity index (χ4v) is 2.24. The number of hydrogen-bond donors (Lipinski definition) is 2. The van der Waals surface area contributed by atoms with Crippen molar-refractivity contribution >= 4 is 17.4 Å². The Morgan fingerprint density at radius 3 is 2.47 bits per heavy atom. The number of amides is 2. The lowest BCUT2D eigenvalue weighted by atomic mass is 10.2. The summed E-state index contributed by atoms with van der Waals surface area (Å²) < 4.78 is 0. The molecule has 92 valence electrons. The lowest BCUT2D eigenvalue weighted by molar-refractivity contribution is 0.205. The normalized spacial score (nSPS) is 15.8. The molecule has 0 unspecified atom stereocenters. The van der Waals surface area contributed by atoms with Gasteiger partial charge in [0.05, 0.1) is 0 Å². The highest BCUT2D eigenvalue weighted by Crippen LogP contribution is 2.23. The smallest absolute Gasteiger partial charge is 0.321 e. The number of nitrogens with two attached hydrogens (primary N) is 1. The van der Waals surface area contributed by atoms with Crippen LogP contribution in [-0.2, 0) is 0 Å². The van der Waals surface area contributed by atoms with Crippen molar-refractivity contribution in [2.45, 2.75) is 31.7 Å². The molecule has 1 aliphatic carbocycles. The van der Waals surface area contributed by atoms with Crippen LogP contribution in [-0.4, -0.2) is 24.0 Å². The summed E-state index contributed by atoms with van der Waals surface area (Å²) >= 11 is 0. The maximum atomic E-state index is 12.0. The molecule has 0 atom stereocenters. The Morgan fingerprint density at radius 1 is 1.29 bits per heavy atom. The number of benzene rings is 1. The third-order valence-corrected chi connectivity index (χ3v) is 3.35. The molecule has 1 fully saturated rings. The molecule has 2 rings (SSSR count). The molecular weight excluding hydrogens is 214 g/mol. The number of carbonyl (C=O) groups is 1. The van der Waals surface area contributed by atoms with Gasteiger partial charge in [0.1, 0.15) is 0 Å². The lowest BCUT2D eigenvalue weighted by Gasteiger charge is -2.24. The van der Waals surface area contributed by atoms with E-state index in [0.717, 1.165) is 18.5 Å². The monoisotopic (exact) mass is 233 g/mol. The van der Waals surface area contributed by atoms with Gasteiger partial charge in [-0.1, -0.05) is 12.8 Å². The number of anilines is 2. The van der Waals surface area contributed by atoms with Gasteiger partial charge >= 0.3 is 6.03 Å². The molecule has 0 aliphatic heterocycles. The highest BCUT2D eigenvalue weighted by molar-refractivity contribution is 5.89. The van der Waals surface area contributed by atoms with Crippen LogP contribution >= 0.6 is 0 Å². The average Bonchev–Trinajstić information content (AvgIpc) is 2.84. The van der Waals surface area contributed by atoms with Crippen LogP contribution in [0.25, 0.3) is 0 Å². The predicted molar refractivity (Wildman–Crippen MR) is 69.9 cm³/mol. The van der Waals surface area contributed by atoms with Crippen LogP contribution in [0.2, 0.25) is 0 Å². The average molecular weight is 233 g/mol. The quantitative estimate of drug-likeness (QED) is 0.771. The lowest BCUT2D eigenvalue weighted by Crippen LogP contribution is -2.38. The van der Waals surface area contributed by atoms with E-state index in [9.17, 15) is 4.79 Å². The van der Waals surface area contributed by atoms with Crippen molar-refractivity contribution in [2.75, 3.05) is 18.1 Å². The minimum absolute atomic E-state index is 0.0401. The van der Waals surface area contributed by atoms with E-state index in [-0.39, 0.29) is 6.03 Å². The van der Waals surface area contributed by atoms with E-state index in [2.05, 4.69) is 5.32 Å². The Balaban J connectivity index is 1.93. The molecule has 2 amide bonds. The van der Waals surface area contributed by atoms with Gasteiger partial charge in [-0.15, -0.1) is 0 Å². The molecule has 1 saturated carbocycles. The minimum Gasteiger partial charge on any atom is -0.399 e. The van der Waals surface area contributed by atoms with Crippen molar-refractivity contribution < 1.29 is 4.79 Å². The third-order valence-electron chi connectivity index (χ3n) is 3.35. The largest absolute Gasteiger partial charge is 0.399 e. The molecule has 1 aromatic carbocycles. The van der Waals surface area contributed by atoms with Crippen molar-refractivity contribution in [2.24, 2.45) is 0 Å². The van der Waals surface area contributed by atoms with Crippen LogP contribution in [0.4, 0.5) is 16.2 Å². The fourth-order valence-electron chi connectivity index (χ4n) is 2.24. The van der Waals surface area contributed by atoms with E-state index in [1.807, 2.05) is 24.1 Å². The summed E-state index contributed by atoms with van der Waals surface area (Å²) in [5, 5.41) is 2.88. The molecule has 4 nitrogen and oxygen atoms in total. The topological polar surface area (TPSA) is 58.4 Å². The molecule has 3 N–H and O–H groups in total. The standard InChI is InChI=1S/C13H19N3O/c1-16(12-4-2-3-5-12)13(17)15-11-8-6-10(14)7-9-11/h6-9,12H,2-5,14H2,1H3,(H,15,17). The molecule has 0 spiro atoms. The molecule has 0 heterocycles. The molecule has 0 aromatic heterocycles. The van der Waals surface area contributed by atoms with Gasteiger partial charge in [-0.25, -0.2) is 4.79 Å². The van der Waals surface area contributed by atoms with Gasteiger partial charge in [0.2, 0.25) is 0 Å². The van der Waals surface area contributed by atoms with Crippen LogP contribution in [0.5, 0.6) is 0 Å². The van der Waals surface area contributed by atoms with E-state index in [0.29, 0.717) is 11.7 Å². The zero-order valence-electron chi connectivity index (χ0n) is 10.1. The molecule has 0 saturated heterocycles. The summed E-state index contributed by atoms with van der Waals surface area (Å²) in [5.41, 5.74) is 7.08. The second-order valence-electron chi connectivity index (χ2n) is 4.60. The Bertz CT molecular complexity index is 382. The zero-order chi connectivity index (χ0) is 12.3. The summed E-state index contributed by atoms with van der Waals surface area (Å²) in [5.74, 6) is 0. The predicted octanol–water partition coefficient (Wildman–Crippen LogP) is 2.68. The minimum atomic E-state index is -0.0401. The number of nitrogens with zero attached hydrogens (tertiary/aromatic N) is 1. The van der Waals surface area contributed by atoms with Crippen molar-refractivity contribution in [3.05, 3.63) is 24.3 Å². The third kappa shape index (κ3) is 2.90. The number of nitrogens with one attached hydrogen (secondary N) is 1. The summed E-state index contributed by atoms with van der Waals surface area (Å²) in [6.07, 6.45) is 4.69. The highest BCUT2D eigenvalue weighted by Gasteiger charge is 2.23. The molecule has 4 heteroatoms. The molecule has 0 radical (unpaired) electrons. The fraction of sp³-hybridized carbons (Fsp3) is 0.462. The van der Waals surface area contributed by atoms with Crippen LogP contribution in [0.15, 0.2) is 24.3 Å². The Labute approximate surface area is 102 Å². The summed E-state index contributed by atoms with van der Waals surface area (Å²) in [4.78, 5) is 13.8. The van der Waals surface area contributed by atoms with Crippen molar-refractivity contribution in [1.29, 1.82) is 0 Å². The van der Waals surface area contributed by atoms with Crippen LogP contribution in [0.3, 0.4) is 0 Å². The van der Waals surface area contributed by atoms with Crippen molar-refractivity contribution in [1.82, 2.24) is 4.90 Å². The maximum Gasteiger partial charge on any atom is 0.321 e. The number of rotatable bonds is 2. The SMILES string of the molecule is CN(C(=O)Nc1ccc(N)cc1)C1CCCC1. The van der Waals surface area contributed by atoms with Gasteiger partial charge in [0.25, 0.3) is 0 Å². The first-order chi connectivity index (χ1) is 8.16. The first kappa shape index (κ1) is 11.8. The van der Waals surface area contributed by atoms with Gasteiger partial charge in [0, 0.05) is 24.5 Å². The molecule has 1 aliphatic rings. The van der Waals surface area contributed by atoms with Crippen molar-refractivity contribution in [3.8, 4) is 0 Å². The number of nitrogen functional groups attached to an aromatic ring is 1. The summed E-state index contributed by atoms with van der Waals surface area (Å²) in [6, 6.07) is 7.55. The zero-order valence-corrected chi connectivity index (χ0v) is 10.1. The van der Waals surface area contributed by atoms with E-state index in [1.54, 1.807) is 12.1 Å². The van der Waals surface area contributed by atoms with Crippen LogP contribution < -0.4 is 11.1 Å². The van der Waals surface area contributed by atoms with E-state index in [1.165, 1.54) is 12.8 Å². The first-order valence-corrected chi connectivity index (χ1v) is 6.06. The van der Waals surface area contributed by atoms with Gasteiger partial charge in [-0.3, -0.25) is 0 Å². The van der Waals surface area contributed by atoms with Crippen molar-refractivity contribution in [3.63, 3.8) is 0 Å². The van der Waals surface area contributed by atoms with E-state index >= 15 is 0 Å². The molecule has 0 bridgehead atoms. The first-order valence-electron chi connectivity index (χ1n) is 6.06. The molecule has 1 aromatic rings. The summed E-state index contributed by atoms with van der Waals surface area (Å²) in [7, 11) is 1.86. The number of carbonyl (C=O) groups excluding carboxylic acids is 1. The highest BCUT2D eigenvalue weighted by atomic mass is 16.2. The van der Waals surface area contributed by atoms with E-state index in [4.69, 9.17) is 5.73 Å². The maximum absolute atomic E-state index is 12.0. The van der Waals surface area contributed by atoms with Gasteiger partial charge < -0.3 is 16.0 Å². The Kier molecular flexibility index (Phi) is 3.52. The van der Waals surface area contributed by atoms with Crippen LogP contribution in [0.1, 0.15) is 25.7 Å². The second kappa shape index (κ2) is 5.08. The second-order valence-corrected chi connectivity index (χ2v) is 4.60. The molecule has 17 heavy (non-hydrogen) atoms. The molecular formula is C13H19N3O. The van der Waals surface area contributed by atoms with Crippen LogP contribution in [0, 0.1) is 0 Å². The van der Waals surface area contributed by atoms with Gasteiger partial charge in [-0.2, -0.15) is 0 Å².